The van der Waals surface area contributed by atoms with E-state index in [4.69, 9.17) is 9.84 Å². The van der Waals surface area contributed by atoms with Crippen molar-refractivity contribution in [2.75, 3.05) is 13.2 Å². The van der Waals surface area contributed by atoms with Crippen molar-refractivity contribution in [3.8, 4) is 0 Å². The van der Waals surface area contributed by atoms with Crippen LogP contribution in [-0.4, -0.2) is 29.5 Å². The van der Waals surface area contributed by atoms with Crippen LogP contribution in [0.3, 0.4) is 0 Å². The summed E-state index contributed by atoms with van der Waals surface area (Å²) >= 11 is 1.72. The lowest BCUT2D eigenvalue weighted by Crippen LogP contribution is -2.56. The topological polar surface area (TPSA) is 49.7 Å². The van der Waals surface area contributed by atoms with E-state index in [2.05, 4.69) is 30.7 Å². The van der Waals surface area contributed by atoms with Crippen LogP contribution < -0.4 is 0 Å². The first-order valence-corrected chi connectivity index (χ1v) is 12.8. The van der Waals surface area contributed by atoms with Crippen LogP contribution in [0.15, 0.2) is 16.8 Å². The van der Waals surface area contributed by atoms with Crippen molar-refractivity contribution in [2.45, 2.75) is 83.3 Å². The highest BCUT2D eigenvalue weighted by molar-refractivity contribution is 7.08. The van der Waals surface area contributed by atoms with Crippen LogP contribution in [0.4, 0.5) is 0 Å². The molecule has 4 aliphatic rings. The largest absolute Gasteiger partial charge is 0.394 e. The Kier molecular flexibility index (Phi) is 5.17. The van der Waals surface area contributed by atoms with Gasteiger partial charge in [-0.1, -0.05) is 13.8 Å². The SMILES string of the molecule is C[C@]12CCC(OCCO)CC1CC[C@@H]1[C@H]2CC[C@@]2(C)[C@H]1CCC2(O)c1ccsc1. The van der Waals surface area contributed by atoms with Crippen molar-refractivity contribution in [3.05, 3.63) is 22.4 Å². The fourth-order valence-corrected chi connectivity index (χ4v) is 9.30. The van der Waals surface area contributed by atoms with Crippen molar-refractivity contribution in [1.82, 2.24) is 0 Å². The molecule has 0 radical (unpaired) electrons. The smallest absolute Gasteiger partial charge is 0.0960 e. The lowest BCUT2D eigenvalue weighted by atomic mass is 9.44. The number of rotatable bonds is 4. The minimum atomic E-state index is -0.629. The van der Waals surface area contributed by atoms with Gasteiger partial charge in [0.2, 0.25) is 0 Å². The van der Waals surface area contributed by atoms with Crippen LogP contribution in [0.25, 0.3) is 0 Å². The summed E-state index contributed by atoms with van der Waals surface area (Å²) in [6, 6.07) is 2.16. The molecule has 5 rings (SSSR count). The zero-order valence-electron chi connectivity index (χ0n) is 18.1. The average Bonchev–Trinajstić information content (AvgIpc) is 3.34. The van der Waals surface area contributed by atoms with E-state index in [0.717, 1.165) is 37.0 Å². The van der Waals surface area contributed by atoms with Crippen molar-refractivity contribution in [2.24, 2.45) is 34.5 Å². The number of ether oxygens (including phenoxy) is 1. The van der Waals surface area contributed by atoms with Gasteiger partial charge in [0.05, 0.1) is 24.9 Å². The molecule has 4 aliphatic carbocycles. The fraction of sp³-hybridized carbons (Fsp3) is 0.840. The van der Waals surface area contributed by atoms with Gasteiger partial charge >= 0.3 is 0 Å². The number of hydrogen-bond acceptors (Lipinski definition) is 4. The monoisotopic (exact) mass is 418 g/mol. The molecule has 29 heavy (non-hydrogen) atoms. The summed E-state index contributed by atoms with van der Waals surface area (Å²) < 4.78 is 5.93. The van der Waals surface area contributed by atoms with Gasteiger partial charge in [0.1, 0.15) is 0 Å². The van der Waals surface area contributed by atoms with Gasteiger partial charge in [0.15, 0.2) is 0 Å². The van der Waals surface area contributed by atoms with E-state index >= 15 is 0 Å². The van der Waals surface area contributed by atoms with E-state index < -0.39 is 5.60 Å². The number of fused-ring (bicyclic) bond motifs is 5. The lowest BCUT2D eigenvalue weighted by molar-refractivity contribution is -0.165. The summed E-state index contributed by atoms with van der Waals surface area (Å²) in [6.07, 6.45) is 11.2. The standard InChI is InChI=1S/C25H38O3S/c1-23-9-5-19(28-13-12-26)15-17(23)3-4-20-21(23)6-10-24(2)22(20)7-11-25(24,27)18-8-14-29-16-18/h8,14,16-17,19-22,26-27H,3-7,9-13,15H2,1-2H3/t17?,19?,20-,21-,22+,23+,24+,25?/m1/s1. The second-order valence-corrected chi connectivity index (χ2v) is 11.8. The molecule has 162 valence electrons. The maximum atomic E-state index is 11.9. The molecule has 4 fully saturated rings. The van der Waals surface area contributed by atoms with Gasteiger partial charge in [-0.25, -0.2) is 0 Å². The Bertz CT molecular complexity index is 720. The van der Waals surface area contributed by atoms with Crippen molar-refractivity contribution in [1.29, 1.82) is 0 Å². The summed E-state index contributed by atoms with van der Waals surface area (Å²) in [5.41, 5.74) is 1.01. The van der Waals surface area contributed by atoms with Gasteiger partial charge in [-0.15, -0.1) is 0 Å². The molecule has 1 heterocycles. The highest BCUT2D eigenvalue weighted by Crippen LogP contribution is 2.70. The molecule has 0 spiro atoms. The summed E-state index contributed by atoms with van der Waals surface area (Å²) in [6.45, 7) is 5.62. The van der Waals surface area contributed by atoms with Gasteiger partial charge < -0.3 is 14.9 Å². The van der Waals surface area contributed by atoms with Crippen molar-refractivity contribution in [3.63, 3.8) is 0 Å². The second-order valence-electron chi connectivity index (χ2n) is 11.0. The zero-order chi connectivity index (χ0) is 20.3. The van der Waals surface area contributed by atoms with Crippen molar-refractivity contribution >= 4 is 11.3 Å². The highest BCUT2D eigenvalue weighted by atomic mass is 32.1. The Hall–Kier alpha value is -0.420. The normalized spacial score (nSPS) is 49.3. The summed E-state index contributed by atoms with van der Waals surface area (Å²) in [7, 11) is 0. The van der Waals surface area contributed by atoms with Gasteiger partial charge in [-0.3, -0.25) is 0 Å². The summed E-state index contributed by atoms with van der Waals surface area (Å²) in [5, 5.41) is 25.3. The third-order valence-corrected chi connectivity index (χ3v) is 10.9. The number of thiophene rings is 1. The van der Waals surface area contributed by atoms with E-state index in [1.54, 1.807) is 11.3 Å². The molecule has 1 aromatic heterocycles. The van der Waals surface area contributed by atoms with Gasteiger partial charge in [0, 0.05) is 5.41 Å². The van der Waals surface area contributed by atoms with E-state index in [9.17, 15) is 5.11 Å². The molecular formula is C25H38O3S. The molecule has 1 aromatic rings. The second kappa shape index (κ2) is 7.32. The minimum Gasteiger partial charge on any atom is -0.394 e. The maximum absolute atomic E-state index is 11.9. The molecule has 3 unspecified atom stereocenters. The Labute approximate surface area is 179 Å². The molecule has 0 saturated heterocycles. The summed E-state index contributed by atoms with van der Waals surface area (Å²) in [5.74, 6) is 3.01. The molecule has 4 saturated carbocycles. The molecular weight excluding hydrogens is 380 g/mol. The Balaban J connectivity index is 1.37. The van der Waals surface area contributed by atoms with Crippen LogP contribution in [0, 0.1) is 34.5 Å². The average molecular weight is 419 g/mol. The third-order valence-electron chi connectivity index (χ3n) is 10.2. The Morgan fingerprint density at radius 2 is 1.90 bits per heavy atom. The molecule has 0 aromatic carbocycles. The number of aliphatic hydroxyl groups excluding tert-OH is 1. The van der Waals surface area contributed by atoms with Crippen LogP contribution in [-0.2, 0) is 10.3 Å². The van der Waals surface area contributed by atoms with E-state index in [-0.39, 0.29) is 12.0 Å². The molecule has 0 aliphatic heterocycles. The predicted molar refractivity (Wildman–Crippen MR) is 117 cm³/mol. The third kappa shape index (κ3) is 2.92. The highest BCUT2D eigenvalue weighted by Gasteiger charge is 2.65. The minimum absolute atomic E-state index is 0.0277. The van der Waals surface area contributed by atoms with Crippen molar-refractivity contribution < 1.29 is 14.9 Å². The van der Waals surface area contributed by atoms with E-state index in [1.807, 2.05) is 0 Å². The van der Waals surface area contributed by atoms with Crippen LogP contribution in [0.1, 0.15) is 77.2 Å². The Morgan fingerprint density at radius 1 is 1.07 bits per heavy atom. The first-order chi connectivity index (χ1) is 13.9. The van der Waals surface area contributed by atoms with Gasteiger partial charge in [-0.2, -0.15) is 11.3 Å². The van der Waals surface area contributed by atoms with E-state index in [1.165, 1.54) is 44.1 Å². The fourth-order valence-electron chi connectivity index (χ4n) is 8.58. The van der Waals surface area contributed by atoms with Crippen LogP contribution >= 0.6 is 11.3 Å². The first kappa shape index (κ1) is 20.5. The first-order valence-electron chi connectivity index (χ1n) is 11.9. The molecule has 4 heteroatoms. The molecule has 2 N–H and O–H groups in total. The quantitative estimate of drug-likeness (QED) is 0.692. The van der Waals surface area contributed by atoms with Gasteiger partial charge in [0.25, 0.3) is 0 Å². The summed E-state index contributed by atoms with van der Waals surface area (Å²) in [4.78, 5) is 0. The molecule has 8 atom stereocenters. The van der Waals surface area contributed by atoms with Crippen LogP contribution in [0.2, 0.25) is 0 Å². The predicted octanol–water partition coefficient (Wildman–Crippen LogP) is 5.36. The Morgan fingerprint density at radius 3 is 2.66 bits per heavy atom. The molecule has 0 amide bonds. The van der Waals surface area contributed by atoms with Crippen LogP contribution in [0.5, 0.6) is 0 Å². The maximum Gasteiger partial charge on any atom is 0.0960 e. The van der Waals surface area contributed by atoms with E-state index in [0.29, 0.717) is 24.0 Å². The molecule has 3 nitrogen and oxygen atoms in total. The van der Waals surface area contributed by atoms with Gasteiger partial charge in [-0.05, 0) is 109 Å². The number of hydrogen-bond donors (Lipinski definition) is 2. The number of aliphatic hydroxyl groups is 2. The lowest BCUT2D eigenvalue weighted by Gasteiger charge is -2.61. The molecule has 0 bridgehead atoms. The zero-order valence-corrected chi connectivity index (χ0v) is 18.9.